The average molecular weight is 249 g/mol. The highest BCUT2D eigenvalue weighted by molar-refractivity contribution is 5.99. The first kappa shape index (κ1) is 12.4. The number of rotatable bonds is 2. The Kier molecular flexibility index (Phi) is 3.20. The molecule has 0 radical (unpaired) electrons. The lowest BCUT2D eigenvalue weighted by molar-refractivity contribution is -0.125. The summed E-state index contributed by atoms with van der Waals surface area (Å²) < 4.78 is 5.44. The maximum Gasteiger partial charge on any atom is 0.260 e. The van der Waals surface area contributed by atoms with Gasteiger partial charge in [0.15, 0.2) is 6.10 Å². The summed E-state index contributed by atoms with van der Waals surface area (Å²) in [7, 11) is 0. The zero-order valence-electron chi connectivity index (χ0n) is 10.00. The van der Waals surface area contributed by atoms with Gasteiger partial charge in [-0.05, 0) is 19.1 Å². The van der Waals surface area contributed by atoms with Gasteiger partial charge in [0.1, 0.15) is 5.75 Å². The SMILES string of the molecule is C[C@@H](N)C(=O)N1CC(C(N)=O)Oc2ccccc21. The Morgan fingerprint density at radius 1 is 1.44 bits per heavy atom. The number of primary amides is 1. The molecule has 1 aliphatic heterocycles. The fourth-order valence-corrected chi connectivity index (χ4v) is 1.84. The van der Waals surface area contributed by atoms with Crippen molar-refractivity contribution in [3.63, 3.8) is 0 Å². The van der Waals surface area contributed by atoms with Gasteiger partial charge < -0.3 is 21.1 Å². The van der Waals surface area contributed by atoms with Crippen molar-refractivity contribution >= 4 is 17.5 Å². The maximum atomic E-state index is 12.0. The van der Waals surface area contributed by atoms with Crippen LogP contribution in [0.1, 0.15) is 6.92 Å². The Hall–Kier alpha value is -2.08. The van der Waals surface area contributed by atoms with Crippen LogP contribution in [0.2, 0.25) is 0 Å². The third-order valence-electron chi connectivity index (χ3n) is 2.75. The van der Waals surface area contributed by atoms with Crippen LogP contribution in [0.25, 0.3) is 0 Å². The molecule has 0 spiro atoms. The van der Waals surface area contributed by atoms with E-state index in [0.717, 1.165) is 0 Å². The third kappa shape index (κ3) is 2.14. The monoisotopic (exact) mass is 249 g/mol. The molecule has 2 amide bonds. The number of carbonyl (C=O) groups excluding carboxylic acids is 2. The van der Waals surface area contributed by atoms with Crippen molar-refractivity contribution in [3.05, 3.63) is 24.3 Å². The number of nitrogens with two attached hydrogens (primary N) is 2. The van der Waals surface area contributed by atoms with Gasteiger partial charge in [0.2, 0.25) is 5.91 Å². The molecule has 0 saturated carbocycles. The van der Waals surface area contributed by atoms with Crippen LogP contribution < -0.4 is 21.1 Å². The lowest BCUT2D eigenvalue weighted by Gasteiger charge is -2.34. The molecule has 1 aromatic carbocycles. The predicted molar refractivity (Wildman–Crippen MR) is 66.1 cm³/mol. The first-order valence-corrected chi connectivity index (χ1v) is 5.62. The van der Waals surface area contributed by atoms with E-state index in [1.54, 1.807) is 31.2 Å². The number of para-hydroxylation sites is 2. The van der Waals surface area contributed by atoms with E-state index in [-0.39, 0.29) is 12.5 Å². The number of nitrogens with zero attached hydrogens (tertiary/aromatic N) is 1. The Labute approximate surface area is 104 Å². The molecular formula is C12H15N3O3. The van der Waals surface area contributed by atoms with Crippen LogP contribution in [-0.4, -0.2) is 30.5 Å². The fraction of sp³-hybridized carbons (Fsp3) is 0.333. The summed E-state index contributed by atoms with van der Waals surface area (Å²) in [5, 5.41) is 0. The van der Waals surface area contributed by atoms with E-state index < -0.39 is 18.1 Å². The van der Waals surface area contributed by atoms with Crippen LogP contribution in [0.4, 0.5) is 5.69 Å². The lowest BCUT2D eigenvalue weighted by Crippen LogP contribution is -2.52. The van der Waals surface area contributed by atoms with Crippen LogP contribution in [0.15, 0.2) is 24.3 Å². The summed E-state index contributed by atoms with van der Waals surface area (Å²) in [6, 6.07) is 6.33. The van der Waals surface area contributed by atoms with Gasteiger partial charge in [-0.25, -0.2) is 0 Å². The largest absolute Gasteiger partial charge is 0.477 e. The number of fused-ring (bicyclic) bond motifs is 1. The highest BCUT2D eigenvalue weighted by Gasteiger charge is 2.33. The average Bonchev–Trinajstić information content (AvgIpc) is 2.36. The number of benzene rings is 1. The molecule has 1 aromatic rings. The Morgan fingerprint density at radius 2 is 2.11 bits per heavy atom. The summed E-state index contributed by atoms with van der Waals surface area (Å²) in [5.41, 5.74) is 11.4. The van der Waals surface area contributed by atoms with Crippen LogP contribution in [0.3, 0.4) is 0 Å². The second-order valence-corrected chi connectivity index (χ2v) is 4.21. The molecular weight excluding hydrogens is 234 g/mol. The van der Waals surface area contributed by atoms with E-state index in [4.69, 9.17) is 16.2 Å². The molecule has 0 saturated heterocycles. The summed E-state index contributed by atoms with van der Waals surface area (Å²) >= 11 is 0. The number of ether oxygens (including phenoxy) is 1. The normalized spacial score (nSPS) is 19.7. The van der Waals surface area contributed by atoms with Crippen molar-refractivity contribution in [1.82, 2.24) is 0 Å². The van der Waals surface area contributed by atoms with E-state index in [1.165, 1.54) is 4.90 Å². The van der Waals surface area contributed by atoms with Crippen molar-refractivity contribution in [3.8, 4) is 5.75 Å². The molecule has 1 aliphatic rings. The van der Waals surface area contributed by atoms with E-state index in [2.05, 4.69) is 0 Å². The second-order valence-electron chi connectivity index (χ2n) is 4.21. The van der Waals surface area contributed by atoms with Gasteiger partial charge in [0, 0.05) is 0 Å². The molecule has 96 valence electrons. The summed E-state index contributed by atoms with van der Waals surface area (Å²) in [4.78, 5) is 24.7. The van der Waals surface area contributed by atoms with Gasteiger partial charge in [-0.2, -0.15) is 0 Å². The van der Waals surface area contributed by atoms with E-state index in [0.29, 0.717) is 11.4 Å². The molecule has 6 heteroatoms. The van der Waals surface area contributed by atoms with Crippen LogP contribution in [-0.2, 0) is 9.59 Å². The maximum absolute atomic E-state index is 12.0. The van der Waals surface area contributed by atoms with E-state index in [9.17, 15) is 9.59 Å². The number of amides is 2. The minimum Gasteiger partial charge on any atom is -0.477 e. The zero-order valence-corrected chi connectivity index (χ0v) is 10.00. The van der Waals surface area contributed by atoms with Gasteiger partial charge in [-0.15, -0.1) is 0 Å². The molecule has 0 aromatic heterocycles. The number of hydrogen-bond acceptors (Lipinski definition) is 4. The Bertz CT molecular complexity index is 487. The molecule has 0 bridgehead atoms. The van der Waals surface area contributed by atoms with Gasteiger partial charge in [-0.1, -0.05) is 12.1 Å². The topological polar surface area (TPSA) is 98.7 Å². The fourth-order valence-electron chi connectivity index (χ4n) is 1.84. The Balaban J connectivity index is 2.39. The molecule has 0 fully saturated rings. The minimum atomic E-state index is -0.845. The van der Waals surface area contributed by atoms with Crippen molar-refractivity contribution in [2.75, 3.05) is 11.4 Å². The van der Waals surface area contributed by atoms with Crippen molar-refractivity contribution in [2.45, 2.75) is 19.1 Å². The summed E-state index contributed by atoms with van der Waals surface area (Å²) in [6.45, 7) is 1.69. The molecule has 6 nitrogen and oxygen atoms in total. The summed E-state index contributed by atoms with van der Waals surface area (Å²) in [6.07, 6.45) is -0.845. The van der Waals surface area contributed by atoms with Gasteiger partial charge in [0.05, 0.1) is 18.3 Å². The van der Waals surface area contributed by atoms with Crippen molar-refractivity contribution in [2.24, 2.45) is 11.5 Å². The van der Waals surface area contributed by atoms with Crippen LogP contribution in [0.5, 0.6) is 5.75 Å². The molecule has 2 atom stereocenters. The van der Waals surface area contributed by atoms with E-state index in [1.807, 2.05) is 0 Å². The van der Waals surface area contributed by atoms with Crippen LogP contribution >= 0.6 is 0 Å². The highest BCUT2D eigenvalue weighted by Crippen LogP contribution is 2.33. The minimum absolute atomic E-state index is 0.0900. The predicted octanol–water partition coefficient (Wildman–Crippen LogP) is -0.387. The standard InChI is InChI=1S/C12H15N3O3/c1-7(13)12(17)15-6-10(11(14)16)18-9-5-3-2-4-8(9)15/h2-5,7,10H,6,13H2,1H3,(H2,14,16)/t7-,10?/m1/s1. The molecule has 4 N–H and O–H groups in total. The first-order valence-electron chi connectivity index (χ1n) is 5.62. The first-order chi connectivity index (χ1) is 8.50. The summed E-state index contributed by atoms with van der Waals surface area (Å²) in [5.74, 6) is -0.412. The van der Waals surface area contributed by atoms with Crippen LogP contribution in [0, 0.1) is 0 Å². The molecule has 1 unspecified atom stereocenters. The smallest absolute Gasteiger partial charge is 0.260 e. The molecule has 0 aliphatic carbocycles. The third-order valence-corrected chi connectivity index (χ3v) is 2.75. The van der Waals surface area contributed by atoms with Crippen molar-refractivity contribution < 1.29 is 14.3 Å². The number of carbonyl (C=O) groups is 2. The van der Waals surface area contributed by atoms with Gasteiger partial charge in [-0.3, -0.25) is 9.59 Å². The van der Waals surface area contributed by atoms with E-state index >= 15 is 0 Å². The van der Waals surface area contributed by atoms with Gasteiger partial charge >= 0.3 is 0 Å². The Morgan fingerprint density at radius 3 is 2.72 bits per heavy atom. The second kappa shape index (κ2) is 4.66. The number of hydrogen-bond donors (Lipinski definition) is 2. The lowest BCUT2D eigenvalue weighted by atomic mass is 10.1. The van der Waals surface area contributed by atoms with Gasteiger partial charge in [0.25, 0.3) is 5.91 Å². The molecule has 2 rings (SSSR count). The van der Waals surface area contributed by atoms with Crippen molar-refractivity contribution in [1.29, 1.82) is 0 Å². The highest BCUT2D eigenvalue weighted by atomic mass is 16.5. The zero-order chi connectivity index (χ0) is 13.3. The number of anilines is 1. The quantitative estimate of drug-likeness (QED) is 0.745. The molecule has 18 heavy (non-hydrogen) atoms. The molecule has 1 heterocycles.